The van der Waals surface area contributed by atoms with E-state index < -0.39 is 0 Å². The molecule has 0 saturated carbocycles. The lowest BCUT2D eigenvalue weighted by Crippen LogP contribution is -2.19. The van der Waals surface area contributed by atoms with E-state index in [-0.39, 0.29) is 0 Å². The number of anilines is 1. The molecule has 0 atom stereocenters. The molecule has 0 amide bonds. The zero-order chi connectivity index (χ0) is 15.1. The van der Waals surface area contributed by atoms with Crippen LogP contribution in [0.3, 0.4) is 0 Å². The van der Waals surface area contributed by atoms with Gasteiger partial charge in [0.15, 0.2) is 0 Å². The zero-order valence-electron chi connectivity index (χ0n) is 12.9. The predicted molar refractivity (Wildman–Crippen MR) is 86.2 cm³/mol. The second-order valence-electron chi connectivity index (χ2n) is 5.09. The Bertz CT molecular complexity index is 567. The van der Waals surface area contributed by atoms with Gasteiger partial charge in [-0.25, -0.2) is 4.98 Å². The number of benzene rings is 1. The van der Waals surface area contributed by atoms with Gasteiger partial charge in [0.25, 0.3) is 0 Å². The highest BCUT2D eigenvalue weighted by Crippen LogP contribution is 2.30. The van der Waals surface area contributed by atoms with Gasteiger partial charge in [0.1, 0.15) is 6.61 Å². The number of rotatable bonds is 8. The first kappa shape index (κ1) is 15.5. The first-order chi connectivity index (χ1) is 10.2. The summed E-state index contributed by atoms with van der Waals surface area (Å²) in [5.41, 5.74) is 1.03. The number of aromatic nitrogens is 1. The molecule has 21 heavy (non-hydrogen) atoms. The van der Waals surface area contributed by atoms with Gasteiger partial charge in [-0.05, 0) is 31.6 Å². The molecule has 0 aliphatic heterocycles. The Morgan fingerprint density at radius 1 is 1.19 bits per heavy atom. The van der Waals surface area contributed by atoms with Gasteiger partial charge in [0.2, 0.25) is 5.88 Å². The topological polar surface area (TPSA) is 46.6 Å². The summed E-state index contributed by atoms with van der Waals surface area (Å²) in [5, 5.41) is 5.51. The van der Waals surface area contributed by atoms with E-state index in [0.717, 1.165) is 29.5 Å². The Balaban J connectivity index is 2.22. The van der Waals surface area contributed by atoms with E-state index in [1.54, 1.807) is 13.3 Å². The van der Waals surface area contributed by atoms with E-state index in [1.165, 1.54) is 0 Å². The van der Waals surface area contributed by atoms with Gasteiger partial charge >= 0.3 is 0 Å². The third kappa shape index (κ3) is 4.31. The average molecular weight is 289 g/mol. The van der Waals surface area contributed by atoms with Gasteiger partial charge in [0, 0.05) is 32.1 Å². The van der Waals surface area contributed by atoms with Crippen LogP contribution in [0, 0.1) is 0 Å². The molecule has 0 fully saturated rings. The fourth-order valence-electron chi connectivity index (χ4n) is 2.07. The molecule has 0 saturated heterocycles. The highest BCUT2D eigenvalue weighted by Gasteiger charge is 2.08. The van der Waals surface area contributed by atoms with Crippen molar-refractivity contribution in [1.29, 1.82) is 0 Å². The van der Waals surface area contributed by atoms with Gasteiger partial charge in [-0.3, -0.25) is 0 Å². The molecule has 2 rings (SSSR count). The second kappa shape index (κ2) is 7.81. The van der Waals surface area contributed by atoms with Crippen LogP contribution in [0.4, 0.5) is 5.69 Å². The minimum absolute atomic E-state index is 0.617. The van der Waals surface area contributed by atoms with Crippen LogP contribution in [-0.4, -0.2) is 57.4 Å². The maximum atomic E-state index is 5.85. The SMILES string of the molecule is COCCNc1cccc2ccnc(OCCN(C)C)c12. The molecule has 0 radical (unpaired) electrons. The van der Waals surface area contributed by atoms with Crippen molar-refractivity contribution in [2.45, 2.75) is 0 Å². The van der Waals surface area contributed by atoms with E-state index in [2.05, 4.69) is 21.3 Å². The molecule has 1 N–H and O–H groups in total. The molecule has 1 aromatic heterocycles. The van der Waals surface area contributed by atoms with Crippen LogP contribution >= 0.6 is 0 Å². The number of ether oxygens (including phenoxy) is 2. The van der Waals surface area contributed by atoms with Crippen LogP contribution in [0.2, 0.25) is 0 Å². The van der Waals surface area contributed by atoms with Gasteiger partial charge in [-0.15, -0.1) is 0 Å². The molecule has 0 spiro atoms. The average Bonchev–Trinajstić information content (AvgIpc) is 2.47. The van der Waals surface area contributed by atoms with Gasteiger partial charge in [-0.2, -0.15) is 0 Å². The summed E-state index contributed by atoms with van der Waals surface area (Å²) >= 11 is 0. The molecule has 5 heteroatoms. The third-order valence-electron chi connectivity index (χ3n) is 3.16. The van der Waals surface area contributed by atoms with Crippen LogP contribution in [-0.2, 0) is 4.74 Å². The number of nitrogens with zero attached hydrogens (tertiary/aromatic N) is 2. The lowest BCUT2D eigenvalue weighted by molar-refractivity contribution is 0.211. The number of nitrogens with one attached hydrogen (secondary N) is 1. The number of hydrogen-bond donors (Lipinski definition) is 1. The Kier molecular flexibility index (Phi) is 5.78. The molecule has 2 aromatic rings. The summed E-state index contributed by atoms with van der Waals surface area (Å²) in [5.74, 6) is 0.676. The summed E-state index contributed by atoms with van der Waals surface area (Å²) in [6.07, 6.45) is 1.78. The van der Waals surface area contributed by atoms with E-state index in [9.17, 15) is 0 Å². The number of likely N-dealkylation sites (N-methyl/N-ethyl adjacent to an activating group) is 1. The normalized spacial score (nSPS) is 11.0. The smallest absolute Gasteiger partial charge is 0.223 e. The molecule has 1 heterocycles. The van der Waals surface area contributed by atoms with E-state index in [0.29, 0.717) is 19.1 Å². The first-order valence-corrected chi connectivity index (χ1v) is 7.10. The van der Waals surface area contributed by atoms with Crippen LogP contribution < -0.4 is 10.1 Å². The maximum absolute atomic E-state index is 5.85. The number of fused-ring (bicyclic) bond motifs is 1. The monoisotopic (exact) mass is 289 g/mol. The summed E-state index contributed by atoms with van der Waals surface area (Å²) in [6, 6.07) is 8.13. The predicted octanol–water partition coefficient (Wildman–Crippen LogP) is 2.23. The first-order valence-electron chi connectivity index (χ1n) is 7.10. The second-order valence-corrected chi connectivity index (χ2v) is 5.09. The fraction of sp³-hybridized carbons (Fsp3) is 0.438. The quantitative estimate of drug-likeness (QED) is 0.755. The van der Waals surface area contributed by atoms with Crippen molar-refractivity contribution >= 4 is 16.5 Å². The zero-order valence-corrected chi connectivity index (χ0v) is 12.9. The molecule has 0 aliphatic carbocycles. The molecular weight excluding hydrogens is 266 g/mol. The minimum Gasteiger partial charge on any atom is -0.476 e. The standard InChI is InChI=1S/C16H23N3O2/c1-19(2)10-12-21-16-15-13(7-8-18-16)5-4-6-14(15)17-9-11-20-3/h4-8,17H,9-12H2,1-3H3. The van der Waals surface area contributed by atoms with Crippen molar-refractivity contribution in [3.05, 3.63) is 30.5 Å². The van der Waals surface area contributed by atoms with E-state index >= 15 is 0 Å². The molecule has 114 valence electrons. The maximum Gasteiger partial charge on any atom is 0.223 e. The number of hydrogen-bond acceptors (Lipinski definition) is 5. The molecule has 0 aliphatic rings. The Hall–Kier alpha value is -1.85. The molecule has 5 nitrogen and oxygen atoms in total. The summed E-state index contributed by atoms with van der Waals surface area (Å²) in [7, 11) is 5.75. The highest BCUT2D eigenvalue weighted by atomic mass is 16.5. The van der Waals surface area contributed by atoms with Crippen LogP contribution in [0.15, 0.2) is 30.5 Å². The van der Waals surface area contributed by atoms with E-state index in [4.69, 9.17) is 9.47 Å². The highest BCUT2D eigenvalue weighted by molar-refractivity contribution is 5.97. The number of methoxy groups -OCH3 is 1. The van der Waals surface area contributed by atoms with Crippen molar-refractivity contribution in [3.63, 3.8) is 0 Å². The Morgan fingerprint density at radius 3 is 2.81 bits per heavy atom. The van der Waals surface area contributed by atoms with Crippen molar-refractivity contribution in [1.82, 2.24) is 9.88 Å². The van der Waals surface area contributed by atoms with Crippen molar-refractivity contribution in [3.8, 4) is 5.88 Å². The largest absolute Gasteiger partial charge is 0.476 e. The molecular formula is C16H23N3O2. The summed E-state index contributed by atoms with van der Waals surface area (Å²) in [6.45, 7) is 2.89. The fourth-order valence-corrected chi connectivity index (χ4v) is 2.07. The van der Waals surface area contributed by atoms with Crippen molar-refractivity contribution in [2.75, 3.05) is 52.8 Å². The third-order valence-corrected chi connectivity index (χ3v) is 3.16. The molecule has 0 unspecified atom stereocenters. The van der Waals surface area contributed by atoms with Crippen LogP contribution in [0.25, 0.3) is 10.8 Å². The lowest BCUT2D eigenvalue weighted by atomic mass is 10.1. The lowest BCUT2D eigenvalue weighted by Gasteiger charge is -2.14. The van der Waals surface area contributed by atoms with Crippen LogP contribution in [0.1, 0.15) is 0 Å². The minimum atomic E-state index is 0.617. The summed E-state index contributed by atoms with van der Waals surface area (Å²) in [4.78, 5) is 6.47. The Morgan fingerprint density at radius 2 is 2.05 bits per heavy atom. The van der Waals surface area contributed by atoms with Gasteiger partial charge in [-0.1, -0.05) is 12.1 Å². The van der Waals surface area contributed by atoms with Gasteiger partial charge in [0.05, 0.1) is 12.0 Å². The summed E-state index contributed by atoms with van der Waals surface area (Å²) < 4.78 is 10.9. The molecule has 1 aromatic carbocycles. The van der Waals surface area contributed by atoms with Crippen LogP contribution in [0.5, 0.6) is 5.88 Å². The van der Waals surface area contributed by atoms with Crippen molar-refractivity contribution in [2.24, 2.45) is 0 Å². The molecule has 0 bridgehead atoms. The van der Waals surface area contributed by atoms with Gasteiger partial charge < -0.3 is 19.7 Å². The van der Waals surface area contributed by atoms with Crippen molar-refractivity contribution < 1.29 is 9.47 Å². The number of pyridine rings is 1. The van der Waals surface area contributed by atoms with E-state index in [1.807, 2.05) is 32.3 Å². The Labute approximate surface area is 125 Å².